The summed E-state index contributed by atoms with van der Waals surface area (Å²) in [5, 5.41) is 10.7. The minimum absolute atomic E-state index is 0.384. The lowest BCUT2D eigenvalue weighted by atomic mass is 10.0. The Kier molecular flexibility index (Phi) is 3.03. The van der Waals surface area contributed by atoms with Crippen LogP contribution in [0.3, 0.4) is 0 Å². The molecule has 1 unspecified atom stereocenters. The predicted octanol–water partition coefficient (Wildman–Crippen LogP) is 1.18. The van der Waals surface area contributed by atoms with Crippen molar-refractivity contribution in [3.63, 3.8) is 0 Å². The van der Waals surface area contributed by atoms with Gasteiger partial charge >= 0.3 is 5.63 Å². The highest BCUT2D eigenvalue weighted by molar-refractivity contribution is 5.79. The number of benzene rings is 1. The summed E-state index contributed by atoms with van der Waals surface area (Å²) < 4.78 is 5.10. The first kappa shape index (κ1) is 10.9. The van der Waals surface area contributed by atoms with Crippen LogP contribution in [0.1, 0.15) is 18.1 Å². The first-order valence-corrected chi connectivity index (χ1v) is 5.13. The first-order valence-electron chi connectivity index (χ1n) is 5.13. The smallest absolute Gasteiger partial charge is 0.336 e. The van der Waals surface area contributed by atoms with Gasteiger partial charge in [-0.1, -0.05) is 18.2 Å². The van der Waals surface area contributed by atoms with Gasteiger partial charge in [0.25, 0.3) is 0 Å². The van der Waals surface area contributed by atoms with E-state index in [4.69, 9.17) is 10.2 Å². The monoisotopic (exact) mass is 219 g/mol. The van der Waals surface area contributed by atoms with Crippen molar-refractivity contribution < 1.29 is 9.52 Å². The third-order valence-corrected chi connectivity index (χ3v) is 2.48. The molecule has 4 nitrogen and oxygen atoms in total. The maximum atomic E-state index is 11.1. The quantitative estimate of drug-likeness (QED) is 0.760. The maximum Gasteiger partial charge on any atom is 0.336 e. The number of rotatable bonds is 3. The molecule has 2 rings (SSSR count). The molecule has 0 bridgehead atoms. The van der Waals surface area contributed by atoms with Crippen molar-refractivity contribution in [1.29, 1.82) is 0 Å². The molecule has 0 aliphatic carbocycles. The molecule has 1 aromatic carbocycles. The van der Waals surface area contributed by atoms with E-state index < -0.39 is 11.7 Å². The van der Waals surface area contributed by atoms with E-state index >= 15 is 0 Å². The molecule has 0 aliphatic heterocycles. The van der Waals surface area contributed by atoms with E-state index in [9.17, 15) is 9.90 Å². The highest BCUT2D eigenvalue weighted by Crippen LogP contribution is 2.24. The van der Waals surface area contributed by atoms with Gasteiger partial charge < -0.3 is 15.3 Å². The van der Waals surface area contributed by atoms with Crippen molar-refractivity contribution in [1.82, 2.24) is 0 Å². The molecule has 0 fully saturated rings. The molecule has 16 heavy (non-hydrogen) atoms. The van der Waals surface area contributed by atoms with Crippen LogP contribution in [0.25, 0.3) is 11.0 Å². The zero-order chi connectivity index (χ0) is 11.5. The molecule has 0 radical (unpaired) electrons. The summed E-state index contributed by atoms with van der Waals surface area (Å²) in [6.45, 7) is 0.384. The summed E-state index contributed by atoms with van der Waals surface area (Å²) in [5.41, 5.74) is 6.02. The van der Waals surface area contributed by atoms with Crippen LogP contribution in [0.2, 0.25) is 0 Å². The lowest BCUT2D eigenvalue weighted by Gasteiger charge is -2.10. The molecule has 0 saturated carbocycles. The molecule has 2 aromatic rings. The number of nitrogens with two attached hydrogens (primary N) is 1. The molecule has 84 valence electrons. The number of hydrogen-bond donors (Lipinski definition) is 2. The van der Waals surface area contributed by atoms with E-state index in [1.807, 2.05) is 12.1 Å². The fraction of sp³-hybridized carbons (Fsp3) is 0.250. The van der Waals surface area contributed by atoms with Crippen molar-refractivity contribution in [3.05, 3.63) is 46.3 Å². The van der Waals surface area contributed by atoms with Gasteiger partial charge in [0.05, 0.1) is 6.10 Å². The topological polar surface area (TPSA) is 76.5 Å². The van der Waals surface area contributed by atoms with Crippen molar-refractivity contribution in [2.45, 2.75) is 12.5 Å². The Morgan fingerprint density at radius 1 is 1.31 bits per heavy atom. The third-order valence-electron chi connectivity index (χ3n) is 2.48. The van der Waals surface area contributed by atoms with Gasteiger partial charge in [0.2, 0.25) is 0 Å². The zero-order valence-corrected chi connectivity index (χ0v) is 8.72. The highest BCUT2D eigenvalue weighted by atomic mass is 16.4. The van der Waals surface area contributed by atoms with Gasteiger partial charge in [0.15, 0.2) is 0 Å². The lowest BCUT2D eigenvalue weighted by Crippen LogP contribution is -2.07. The molecule has 0 saturated heterocycles. The first-order chi connectivity index (χ1) is 7.72. The molecular weight excluding hydrogens is 206 g/mol. The van der Waals surface area contributed by atoms with Crippen LogP contribution in [-0.2, 0) is 0 Å². The number of aliphatic hydroxyl groups is 1. The molecule has 1 heterocycles. The predicted molar refractivity (Wildman–Crippen MR) is 61.1 cm³/mol. The number of para-hydroxylation sites is 1. The van der Waals surface area contributed by atoms with E-state index in [0.29, 0.717) is 24.1 Å². The number of hydrogen-bond acceptors (Lipinski definition) is 4. The highest BCUT2D eigenvalue weighted by Gasteiger charge is 2.12. The minimum atomic E-state index is -0.695. The van der Waals surface area contributed by atoms with E-state index in [1.165, 1.54) is 6.07 Å². The van der Waals surface area contributed by atoms with E-state index in [1.54, 1.807) is 12.1 Å². The lowest BCUT2D eigenvalue weighted by molar-refractivity contribution is 0.170. The summed E-state index contributed by atoms with van der Waals surface area (Å²) in [7, 11) is 0. The van der Waals surface area contributed by atoms with Crippen LogP contribution in [0.4, 0.5) is 0 Å². The van der Waals surface area contributed by atoms with Crippen LogP contribution in [0.15, 0.2) is 39.5 Å². The van der Waals surface area contributed by atoms with Crippen LogP contribution in [0, 0.1) is 0 Å². The summed E-state index contributed by atoms with van der Waals surface area (Å²) in [6.07, 6.45) is -0.253. The number of aliphatic hydroxyl groups excluding tert-OH is 1. The van der Waals surface area contributed by atoms with Gasteiger partial charge in [-0.05, 0) is 19.0 Å². The fourth-order valence-corrected chi connectivity index (χ4v) is 1.69. The maximum absolute atomic E-state index is 11.1. The van der Waals surface area contributed by atoms with Gasteiger partial charge in [-0.2, -0.15) is 0 Å². The number of fused-ring (bicyclic) bond motifs is 1. The SMILES string of the molecule is NCCC(O)c1cccc2ccc(=O)oc12. The second-order valence-corrected chi connectivity index (χ2v) is 3.61. The van der Waals surface area contributed by atoms with E-state index in [2.05, 4.69) is 0 Å². The van der Waals surface area contributed by atoms with E-state index in [0.717, 1.165) is 5.39 Å². The van der Waals surface area contributed by atoms with Crippen molar-refractivity contribution >= 4 is 11.0 Å². The Labute approximate surface area is 92.3 Å². The molecule has 0 aliphatic rings. The molecule has 1 atom stereocenters. The second kappa shape index (κ2) is 4.47. The second-order valence-electron chi connectivity index (χ2n) is 3.61. The summed E-state index contributed by atoms with van der Waals surface area (Å²) >= 11 is 0. The zero-order valence-electron chi connectivity index (χ0n) is 8.72. The van der Waals surface area contributed by atoms with Gasteiger partial charge in [0.1, 0.15) is 5.58 Å². The van der Waals surface area contributed by atoms with Gasteiger partial charge in [-0.25, -0.2) is 4.79 Å². The standard InChI is InChI=1S/C12H13NO3/c13-7-6-10(14)9-3-1-2-8-4-5-11(15)16-12(8)9/h1-5,10,14H,6-7,13H2. The van der Waals surface area contributed by atoms with E-state index in [-0.39, 0.29) is 0 Å². The average molecular weight is 219 g/mol. The Morgan fingerprint density at radius 3 is 2.88 bits per heavy atom. The van der Waals surface area contributed by atoms with Crippen LogP contribution < -0.4 is 11.4 Å². The molecule has 0 spiro atoms. The van der Waals surface area contributed by atoms with Crippen molar-refractivity contribution in [3.8, 4) is 0 Å². The Hall–Kier alpha value is -1.65. The molecular formula is C12H13NO3. The fourth-order valence-electron chi connectivity index (χ4n) is 1.69. The Balaban J connectivity index is 2.60. The van der Waals surface area contributed by atoms with Gasteiger partial charge in [-0.15, -0.1) is 0 Å². The Bertz CT molecular complexity index is 547. The molecule has 4 heteroatoms. The van der Waals surface area contributed by atoms with Crippen LogP contribution in [0.5, 0.6) is 0 Å². The van der Waals surface area contributed by atoms with Gasteiger partial charge in [0, 0.05) is 17.0 Å². The summed E-state index contributed by atoms with van der Waals surface area (Å²) in [5.74, 6) is 0. The summed E-state index contributed by atoms with van der Waals surface area (Å²) in [6, 6.07) is 8.43. The third kappa shape index (κ3) is 1.98. The van der Waals surface area contributed by atoms with Crippen LogP contribution >= 0.6 is 0 Å². The molecule has 1 aromatic heterocycles. The van der Waals surface area contributed by atoms with Crippen molar-refractivity contribution in [2.24, 2.45) is 5.73 Å². The largest absolute Gasteiger partial charge is 0.422 e. The Morgan fingerprint density at radius 2 is 2.12 bits per heavy atom. The minimum Gasteiger partial charge on any atom is -0.422 e. The van der Waals surface area contributed by atoms with Crippen molar-refractivity contribution in [2.75, 3.05) is 6.54 Å². The molecule has 3 N–H and O–H groups in total. The normalized spacial score (nSPS) is 12.9. The average Bonchev–Trinajstić information content (AvgIpc) is 2.28. The van der Waals surface area contributed by atoms with Crippen LogP contribution in [-0.4, -0.2) is 11.7 Å². The summed E-state index contributed by atoms with van der Waals surface area (Å²) in [4.78, 5) is 11.1. The molecule has 0 amide bonds. The van der Waals surface area contributed by atoms with Gasteiger partial charge in [-0.3, -0.25) is 0 Å².